The molecule has 0 spiro atoms. The molecule has 156 valence electrons. The smallest absolute Gasteiger partial charge is 0.234 e. The van der Waals surface area contributed by atoms with Crippen LogP contribution in [0.1, 0.15) is 11.4 Å². The Morgan fingerprint density at radius 1 is 1.27 bits per heavy atom. The lowest BCUT2D eigenvalue weighted by Gasteiger charge is -2.10. The summed E-state index contributed by atoms with van der Waals surface area (Å²) < 4.78 is 7.69. The van der Waals surface area contributed by atoms with E-state index in [9.17, 15) is 4.79 Å². The van der Waals surface area contributed by atoms with Crippen LogP contribution in [0.2, 0.25) is 10.0 Å². The zero-order valence-electron chi connectivity index (χ0n) is 16.3. The summed E-state index contributed by atoms with van der Waals surface area (Å²) in [4.78, 5) is 12.3. The van der Waals surface area contributed by atoms with E-state index in [-0.39, 0.29) is 18.3 Å². The van der Waals surface area contributed by atoms with Crippen LogP contribution in [0.15, 0.2) is 60.3 Å². The first kappa shape index (κ1) is 22.2. The fourth-order valence-corrected chi connectivity index (χ4v) is 3.67. The number of rotatable bonds is 9. The number of thioether (sulfide) groups is 1. The van der Waals surface area contributed by atoms with E-state index in [0.29, 0.717) is 39.0 Å². The van der Waals surface area contributed by atoms with Crippen LogP contribution in [0.5, 0.6) is 5.75 Å². The van der Waals surface area contributed by atoms with Crippen LogP contribution < -0.4 is 10.1 Å². The van der Waals surface area contributed by atoms with Crippen LogP contribution in [-0.4, -0.2) is 26.4 Å². The van der Waals surface area contributed by atoms with Crippen molar-refractivity contribution < 1.29 is 9.53 Å². The lowest BCUT2D eigenvalue weighted by molar-refractivity contribution is -0.113. The van der Waals surface area contributed by atoms with Crippen LogP contribution in [-0.2, 0) is 17.9 Å². The zero-order valence-corrected chi connectivity index (χ0v) is 18.6. The van der Waals surface area contributed by atoms with Gasteiger partial charge in [0, 0.05) is 22.3 Å². The van der Waals surface area contributed by atoms with E-state index in [2.05, 4.69) is 22.1 Å². The number of hydrogen-bond donors (Lipinski definition) is 1. The van der Waals surface area contributed by atoms with Crippen molar-refractivity contribution in [1.82, 2.24) is 14.8 Å². The molecule has 30 heavy (non-hydrogen) atoms. The van der Waals surface area contributed by atoms with Crippen molar-refractivity contribution in [2.24, 2.45) is 0 Å². The number of carbonyl (C=O) groups is 1. The molecule has 0 aliphatic carbocycles. The standard InChI is InChI=1S/C21H20Cl2N4O2S/c1-3-9-27-19(12-29-17-7-8-18(23)14(2)10-17)25-26-21(27)30-13-20(28)24-16-6-4-5-15(22)11-16/h3-8,10-11H,1,9,12-13H2,2H3,(H,24,28). The number of carbonyl (C=O) groups excluding carboxylic acids is 1. The monoisotopic (exact) mass is 462 g/mol. The Hall–Kier alpha value is -2.48. The molecule has 1 heterocycles. The molecule has 3 rings (SSSR count). The van der Waals surface area contributed by atoms with Crippen molar-refractivity contribution in [3.63, 3.8) is 0 Å². The minimum atomic E-state index is -0.162. The Morgan fingerprint density at radius 3 is 2.83 bits per heavy atom. The minimum absolute atomic E-state index is 0.162. The Kier molecular flexibility index (Phi) is 7.79. The van der Waals surface area contributed by atoms with Gasteiger partial charge in [-0.05, 0) is 48.9 Å². The quantitative estimate of drug-likeness (QED) is 0.341. The highest BCUT2D eigenvalue weighted by molar-refractivity contribution is 7.99. The van der Waals surface area contributed by atoms with E-state index in [4.69, 9.17) is 27.9 Å². The number of aromatic nitrogens is 3. The first-order valence-electron chi connectivity index (χ1n) is 9.06. The first-order chi connectivity index (χ1) is 14.5. The molecule has 9 heteroatoms. The number of aryl methyl sites for hydroxylation is 1. The van der Waals surface area contributed by atoms with Gasteiger partial charge >= 0.3 is 0 Å². The number of allylic oxidation sites excluding steroid dienone is 1. The third-order valence-electron chi connectivity index (χ3n) is 4.04. The Bertz CT molecular complexity index is 1060. The second-order valence-electron chi connectivity index (χ2n) is 6.34. The average Bonchev–Trinajstić information content (AvgIpc) is 3.09. The number of anilines is 1. The van der Waals surface area contributed by atoms with Crippen molar-refractivity contribution in [1.29, 1.82) is 0 Å². The summed E-state index contributed by atoms with van der Waals surface area (Å²) in [5.74, 6) is 1.35. The number of hydrogen-bond acceptors (Lipinski definition) is 5. The molecule has 3 aromatic rings. The fraction of sp³-hybridized carbons (Fsp3) is 0.190. The van der Waals surface area contributed by atoms with Gasteiger partial charge in [-0.2, -0.15) is 0 Å². The van der Waals surface area contributed by atoms with Crippen molar-refractivity contribution in [3.05, 3.63) is 76.6 Å². The van der Waals surface area contributed by atoms with Crippen LogP contribution in [0.25, 0.3) is 0 Å². The van der Waals surface area contributed by atoms with Gasteiger partial charge in [-0.15, -0.1) is 16.8 Å². The highest BCUT2D eigenvalue weighted by atomic mass is 35.5. The molecular formula is C21H20Cl2N4O2S. The zero-order chi connectivity index (χ0) is 21.5. The molecule has 0 aliphatic rings. The van der Waals surface area contributed by atoms with E-state index >= 15 is 0 Å². The van der Waals surface area contributed by atoms with Gasteiger partial charge in [-0.3, -0.25) is 9.36 Å². The van der Waals surface area contributed by atoms with Crippen molar-refractivity contribution in [2.45, 2.75) is 25.2 Å². The van der Waals surface area contributed by atoms with Crippen molar-refractivity contribution >= 4 is 46.6 Å². The molecule has 1 amide bonds. The summed E-state index contributed by atoms with van der Waals surface area (Å²) in [6, 6.07) is 12.5. The van der Waals surface area contributed by atoms with E-state index < -0.39 is 0 Å². The molecule has 0 fully saturated rings. The van der Waals surface area contributed by atoms with Crippen LogP contribution in [0, 0.1) is 6.92 Å². The predicted octanol–water partition coefficient (Wildman–Crippen LogP) is 5.39. The second kappa shape index (κ2) is 10.5. The summed E-state index contributed by atoms with van der Waals surface area (Å²) in [7, 11) is 0. The summed E-state index contributed by atoms with van der Waals surface area (Å²) in [5, 5.41) is 13.1. The summed E-state index contributed by atoms with van der Waals surface area (Å²) in [6.07, 6.45) is 1.75. The maximum atomic E-state index is 12.3. The molecule has 6 nitrogen and oxygen atoms in total. The molecule has 0 saturated carbocycles. The third kappa shape index (κ3) is 6.01. The lowest BCUT2D eigenvalue weighted by atomic mass is 10.2. The fourth-order valence-electron chi connectivity index (χ4n) is 2.59. The van der Waals surface area contributed by atoms with E-state index in [1.807, 2.05) is 17.6 Å². The highest BCUT2D eigenvalue weighted by Gasteiger charge is 2.14. The topological polar surface area (TPSA) is 69.0 Å². The number of amides is 1. The largest absolute Gasteiger partial charge is 0.486 e. The molecule has 1 N–H and O–H groups in total. The highest BCUT2D eigenvalue weighted by Crippen LogP contribution is 2.23. The van der Waals surface area contributed by atoms with Crippen molar-refractivity contribution in [3.8, 4) is 5.75 Å². The maximum Gasteiger partial charge on any atom is 0.234 e. The molecular weight excluding hydrogens is 443 g/mol. The Labute approximate surface area is 189 Å². The number of ether oxygens (including phenoxy) is 1. The van der Waals surface area contributed by atoms with Gasteiger partial charge < -0.3 is 10.1 Å². The predicted molar refractivity (Wildman–Crippen MR) is 122 cm³/mol. The maximum absolute atomic E-state index is 12.3. The number of halogens is 2. The molecule has 0 saturated heterocycles. The SMILES string of the molecule is C=CCn1c(COc2ccc(Cl)c(C)c2)nnc1SCC(=O)Nc1cccc(Cl)c1. The molecule has 0 unspecified atom stereocenters. The van der Waals surface area contributed by atoms with Crippen molar-refractivity contribution in [2.75, 3.05) is 11.1 Å². The van der Waals surface area contributed by atoms with E-state index in [1.54, 1.807) is 42.5 Å². The minimum Gasteiger partial charge on any atom is -0.486 e. The second-order valence-corrected chi connectivity index (χ2v) is 8.13. The average molecular weight is 463 g/mol. The Balaban J connectivity index is 1.62. The van der Waals surface area contributed by atoms with Crippen LogP contribution in [0.3, 0.4) is 0 Å². The van der Waals surface area contributed by atoms with Crippen LogP contribution in [0.4, 0.5) is 5.69 Å². The van der Waals surface area contributed by atoms with Gasteiger partial charge in [0.2, 0.25) is 5.91 Å². The summed E-state index contributed by atoms with van der Waals surface area (Å²) in [5.41, 5.74) is 1.58. The number of nitrogens with one attached hydrogen (secondary N) is 1. The van der Waals surface area contributed by atoms with Gasteiger partial charge in [-0.25, -0.2) is 0 Å². The number of nitrogens with zero attached hydrogens (tertiary/aromatic N) is 3. The number of benzene rings is 2. The molecule has 1 aromatic heterocycles. The summed E-state index contributed by atoms with van der Waals surface area (Å²) >= 11 is 13.3. The summed E-state index contributed by atoms with van der Waals surface area (Å²) in [6.45, 7) is 6.44. The van der Waals surface area contributed by atoms with E-state index in [0.717, 1.165) is 5.56 Å². The van der Waals surface area contributed by atoms with Gasteiger partial charge in [0.1, 0.15) is 12.4 Å². The first-order valence-corrected chi connectivity index (χ1v) is 10.8. The molecule has 0 bridgehead atoms. The molecule has 0 atom stereocenters. The van der Waals surface area contributed by atoms with Gasteiger partial charge in [-0.1, -0.05) is 47.1 Å². The van der Waals surface area contributed by atoms with Gasteiger partial charge in [0.25, 0.3) is 0 Å². The van der Waals surface area contributed by atoms with E-state index in [1.165, 1.54) is 11.8 Å². The Morgan fingerprint density at radius 2 is 2.10 bits per heavy atom. The lowest BCUT2D eigenvalue weighted by Crippen LogP contribution is -2.15. The molecule has 2 aromatic carbocycles. The molecule has 0 aliphatic heterocycles. The normalized spacial score (nSPS) is 10.6. The van der Waals surface area contributed by atoms with Gasteiger partial charge in [0.05, 0.1) is 5.75 Å². The van der Waals surface area contributed by atoms with Gasteiger partial charge in [0.15, 0.2) is 11.0 Å². The molecule has 0 radical (unpaired) electrons. The van der Waals surface area contributed by atoms with Crippen LogP contribution >= 0.6 is 35.0 Å². The third-order valence-corrected chi connectivity index (χ3v) is 5.67.